The molecule has 0 N–H and O–H groups in total. The zero-order valence-electron chi connectivity index (χ0n) is 36.3. The molecule has 2 heteroatoms. The first kappa shape index (κ1) is 42.0. The predicted octanol–water partition coefficient (Wildman–Crippen LogP) is 16.9. The van der Waals surface area contributed by atoms with E-state index in [0.29, 0.717) is 0 Å². The molecule has 9 rings (SSSR count). The Hall–Kier alpha value is -6.64. The number of rotatable bonds is 7. The average molecular weight is 771 g/mol. The van der Waals surface area contributed by atoms with Crippen LogP contribution in [0.1, 0.15) is 63.8 Å². The molecule has 0 spiro atoms. The number of allylic oxidation sites excluding steroid dienone is 2. The van der Waals surface area contributed by atoms with Gasteiger partial charge in [0.2, 0.25) is 0 Å². The summed E-state index contributed by atoms with van der Waals surface area (Å²) in [4.78, 5) is 0. The van der Waals surface area contributed by atoms with Crippen LogP contribution in [0.5, 0.6) is 0 Å². The maximum atomic E-state index is 3.97. The van der Waals surface area contributed by atoms with E-state index in [-0.39, 0.29) is 0 Å². The van der Waals surface area contributed by atoms with E-state index >= 15 is 0 Å². The molecule has 0 amide bonds. The third-order valence-electron chi connectivity index (χ3n) is 10.8. The molecule has 0 aliphatic heterocycles. The Morgan fingerprint density at radius 1 is 0.458 bits per heavy atom. The standard InChI is InChI=1S/C51H40N2.3C2H6/c1-5-6-15-45-35(3)18-26-50-51(45)47-32-40(22-28-49(47)53(50)42-24-19-38(20-25-42)37-13-8-7-9-14-37)39-21-27-48-41(31-39)29-30-52(48)43-23-17-36(4)46(33-43)44-16-11-10-12-34(44)2;3*1-2/h5-33H,1H2,2-4H3;3*1-2H3/b15-6-;;;. The van der Waals surface area contributed by atoms with Crippen molar-refractivity contribution in [3.63, 3.8) is 0 Å². The molecule has 9 aromatic rings. The van der Waals surface area contributed by atoms with Gasteiger partial charge in [0, 0.05) is 33.7 Å². The molecule has 0 unspecified atom stereocenters. The molecule has 2 heterocycles. The lowest BCUT2D eigenvalue weighted by molar-refractivity contribution is 1.12. The molecule has 59 heavy (non-hydrogen) atoms. The summed E-state index contributed by atoms with van der Waals surface area (Å²) in [5.74, 6) is 0. The smallest absolute Gasteiger partial charge is 0.0547 e. The van der Waals surface area contributed by atoms with Crippen LogP contribution >= 0.6 is 0 Å². The fourth-order valence-electron chi connectivity index (χ4n) is 7.99. The Bertz CT molecular complexity index is 2860. The summed E-state index contributed by atoms with van der Waals surface area (Å²) >= 11 is 0. The molecule has 0 atom stereocenters. The van der Waals surface area contributed by atoms with Crippen LogP contribution in [-0.2, 0) is 0 Å². The third-order valence-corrected chi connectivity index (χ3v) is 10.8. The van der Waals surface area contributed by atoms with E-state index in [0.717, 1.165) is 11.4 Å². The van der Waals surface area contributed by atoms with Gasteiger partial charge in [0.05, 0.1) is 16.6 Å². The highest BCUT2D eigenvalue weighted by atomic mass is 15.0. The summed E-state index contributed by atoms with van der Waals surface area (Å²) < 4.78 is 4.71. The lowest BCUT2D eigenvalue weighted by Crippen LogP contribution is -1.95. The molecular formula is C57H58N2. The molecule has 0 fully saturated rings. The fourth-order valence-corrected chi connectivity index (χ4v) is 7.99. The summed E-state index contributed by atoms with van der Waals surface area (Å²) in [6, 6.07) is 55.5. The van der Waals surface area contributed by atoms with Crippen molar-refractivity contribution in [1.82, 2.24) is 9.13 Å². The van der Waals surface area contributed by atoms with Gasteiger partial charge in [0.1, 0.15) is 0 Å². The summed E-state index contributed by atoms with van der Waals surface area (Å²) in [6.07, 6.45) is 8.29. The molecule has 7 aromatic carbocycles. The number of nitrogens with zero attached hydrogens (tertiary/aromatic N) is 2. The zero-order chi connectivity index (χ0) is 42.1. The summed E-state index contributed by atoms with van der Waals surface area (Å²) in [7, 11) is 0. The highest BCUT2D eigenvalue weighted by Gasteiger charge is 2.18. The van der Waals surface area contributed by atoms with Gasteiger partial charge in [-0.1, -0.05) is 157 Å². The first-order valence-electron chi connectivity index (χ1n) is 21.3. The molecular weight excluding hydrogens is 713 g/mol. The number of aromatic nitrogens is 2. The van der Waals surface area contributed by atoms with Crippen molar-refractivity contribution >= 4 is 38.8 Å². The summed E-state index contributed by atoms with van der Waals surface area (Å²) in [6.45, 7) is 22.5. The quantitative estimate of drug-likeness (QED) is 0.143. The molecule has 0 saturated carbocycles. The second-order valence-corrected chi connectivity index (χ2v) is 14.0. The van der Waals surface area contributed by atoms with Crippen molar-refractivity contribution in [3.05, 3.63) is 199 Å². The van der Waals surface area contributed by atoms with Crippen molar-refractivity contribution < 1.29 is 0 Å². The van der Waals surface area contributed by atoms with E-state index in [9.17, 15) is 0 Å². The number of aryl methyl sites for hydroxylation is 3. The minimum atomic E-state index is 1.14. The van der Waals surface area contributed by atoms with Crippen LogP contribution in [0.2, 0.25) is 0 Å². The number of hydrogen-bond acceptors (Lipinski definition) is 0. The van der Waals surface area contributed by atoms with Gasteiger partial charge in [0.15, 0.2) is 0 Å². The Labute approximate surface area is 352 Å². The van der Waals surface area contributed by atoms with Crippen molar-refractivity contribution in [2.24, 2.45) is 0 Å². The Balaban J connectivity index is 0.000000934. The maximum absolute atomic E-state index is 3.97. The molecule has 0 bridgehead atoms. The van der Waals surface area contributed by atoms with E-state index < -0.39 is 0 Å². The average Bonchev–Trinajstić information content (AvgIpc) is 3.88. The van der Waals surface area contributed by atoms with Crippen molar-refractivity contribution in [3.8, 4) is 44.8 Å². The molecule has 2 nitrogen and oxygen atoms in total. The third kappa shape index (κ3) is 8.22. The topological polar surface area (TPSA) is 9.86 Å². The molecule has 0 saturated heterocycles. The first-order valence-corrected chi connectivity index (χ1v) is 21.3. The highest BCUT2D eigenvalue weighted by Crippen LogP contribution is 2.39. The van der Waals surface area contributed by atoms with Gasteiger partial charge in [-0.15, -0.1) is 0 Å². The molecule has 2 aromatic heterocycles. The van der Waals surface area contributed by atoms with Crippen LogP contribution < -0.4 is 0 Å². The van der Waals surface area contributed by atoms with E-state index in [1.165, 1.54) is 88.3 Å². The fraction of sp³-hybridized carbons (Fsp3) is 0.158. The van der Waals surface area contributed by atoms with E-state index in [1.807, 2.05) is 53.7 Å². The highest BCUT2D eigenvalue weighted by molar-refractivity contribution is 6.14. The van der Waals surface area contributed by atoms with E-state index in [1.54, 1.807) is 0 Å². The molecule has 0 aliphatic rings. The number of fused-ring (bicyclic) bond motifs is 4. The van der Waals surface area contributed by atoms with Gasteiger partial charge in [-0.05, 0) is 137 Å². The first-order chi connectivity index (χ1) is 29.0. The van der Waals surface area contributed by atoms with Crippen molar-refractivity contribution in [2.45, 2.75) is 62.3 Å². The Morgan fingerprint density at radius 2 is 1.03 bits per heavy atom. The van der Waals surface area contributed by atoms with Gasteiger partial charge < -0.3 is 9.13 Å². The summed E-state index contributed by atoms with van der Waals surface area (Å²) in [5.41, 5.74) is 18.3. The lowest BCUT2D eigenvalue weighted by atomic mass is 9.96. The molecule has 296 valence electrons. The van der Waals surface area contributed by atoms with Crippen molar-refractivity contribution in [2.75, 3.05) is 0 Å². The van der Waals surface area contributed by atoms with Gasteiger partial charge in [-0.25, -0.2) is 0 Å². The van der Waals surface area contributed by atoms with Gasteiger partial charge in [0.25, 0.3) is 0 Å². The lowest BCUT2D eigenvalue weighted by Gasteiger charge is -2.13. The van der Waals surface area contributed by atoms with Crippen molar-refractivity contribution in [1.29, 1.82) is 0 Å². The van der Waals surface area contributed by atoms with E-state index in [2.05, 4.69) is 200 Å². The Kier molecular flexibility index (Phi) is 13.7. The van der Waals surface area contributed by atoms with E-state index in [4.69, 9.17) is 0 Å². The Morgan fingerprint density at radius 3 is 1.75 bits per heavy atom. The number of benzene rings is 7. The minimum absolute atomic E-state index is 1.14. The largest absolute Gasteiger partial charge is 0.317 e. The SMILES string of the molecule is C=C/C=C\c1c(C)ccc2c1c1cc(-c3ccc4c(ccn4-c4ccc(C)c(-c5ccccc5C)c4)c3)ccc1n2-c1ccc(-c2ccccc2)cc1.CC.CC.CC. The summed E-state index contributed by atoms with van der Waals surface area (Å²) in [5, 5.41) is 3.70. The van der Waals surface area contributed by atoms with Crippen LogP contribution in [0.15, 0.2) is 177 Å². The monoisotopic (exact) mass is 770 g/mol. The number of hydrogen-bond donors (Lipinski definition) is 0. The van der Waals surface area contributed by atoms with Gasteiger partial charge in [-0.3, -0.25) is 0 Å². The second kappa shape index (κ2) is 19.2. The van der Waals surface area contributed by atoms with Crippen LogP contribution in [0, 0.1) is 20.8 Å². The van der Waals surface area contributed by atoms with Crippen LogP contribution in [0.3, 0.4) is 0 Å². The zero-order valence-corrected chi connectivity index (χ0v) is 36.3. The second-order valence-electron chi connectivity index (χ2n) is 14.0. The predicted molar refractivity (Wildman–Crippen MR) is 261 cm³/mol. The maximum Gasteiger partial charge on any atom is 0.0547 e. The van der Waals surface area contributed by atoms with Crippen LogP contribution in [-0.4, -0.2) is 9.13 Å². The van der Waals surface area contributed by atoms with Crippen LogP contribution in [0.4, 0.5) is 0 Å². The van der Waals surface area contributed by atoms with Crippen LogP contribution in [0.25, 0.3) is 83.5 Å². The van der Waals surface area contributed by atoms with Gasteiger partial charge >= 0.3 is 0 Å². The molecule has 0 aliphatic carbocycles. The minimum Gasteiger partial charge on any atom is -0.317 e. The normalized spacial score (nSPS) is 10.8. The molecule has 0 radical (unpaired) electrons. The van der Waals surface area contributed by atoms with Gasteiger partial charge in [-0.2, -0.15) is 0 Å².